The number of nitrogens with zero attached hydrogens (tertiary/aromatic N) is 3. The Morgan fingerprint density at radius 2 is 1.76 bits per heavy atom. The summed E-state index contributed by atoms with van der Waals surface area (Å²) in [6.45, 7) is 18.5. The molecule has 0 aliphatic heterocycles. The van der Waals surface area contributed by atoms with Crippen molar-refractivity contribution < 1.29 is 4.52 Å². The van der Waals surface area contributed by atoms with Gasteiger partial charge in [0.2, 0.25) is 0 Å². The van der Waals surface area contributed by atoms with Crippen LogP contribution in [0.3, 0.4) is 0 Å². The van der Waals surface area contributed by atoms with Crippen LogP contribution in [0, 0.1) is 0 Å². The van der Waals surface area contributed by atoms with Gasteiger partial charge >= 0.3 is 0 Å². The Hall–Kier alpha value is -1.56. The van der Waals surface area contributed by atoms with E-state index in [9.17, 15) is 0 Å². The first-order valence-corrected chi connectivity index (χ1v) is 9.68. The number of aliphatic imine (C=N–C) groups is 1. The topological polar surface area (TPSA) is 65.7 Å². The Morgan fingerprint density at radius 3 is 2.28 bits per heavy atom. The van der Waals surface area contributed by atoms with Gasteiger partial charge in [-0.05, 0) is 41.0 Å². The van der Waals surface area contributed by atoms with Crippen molar-refractivity contribution in [2.45, 2.75) is 79.9 Å². The number of hydrogen-bond acceptors (Lipinski definition) is 4. The second-order valence-electron chi connectivity index (χ2n) is 6.79. The third-order valence-corrected chi connectivity index (χ3v) is 4.34. The van der Waals surface area contributed by atoms with Gasteiger partial charge in [0.05, 0.1) is 12.2 Å². The van der Waals surface area contributed by atoms with Gasteiger partial charge in [-0.1, -0.05) is 19.0 Å². The number of nitrogens with one attached hydrogen (secondary N) is 2. The molecule has 1 aromatic heterocycles. The molecular weight excluding hydrogens is 314 g/mol. The highest BCUT2D eigenvalue weighted by Gasteiger charge is 2.14. The molecule has 0 aliphatic rings. The minimum Gasteiger partial charge on any atom is -0.361 e. The molecule has 0 spiro atoms. The lowest BCUT2D eigenvalue weighted by atomic mass is 10.1. The van der Waals surface area contributed by atoms with Crippen LogP contribution in [-0.4, -0.2) is 47.7 Å². The van der Waals surface area contributed by atoms with E-state index in [2.05, 4.69) is 69.2 Å². The molecule has 0 saturated heterocycles. The fraction of sp³-hybridized carbons (Fsp3) is 0.789. The zero-order chi connectivity index (χ0) is 18.8. The van der Waals surface area contributed by atoms with E-state index in [1.165, 1.54) is 0 Å². The second-order valence-corrected chi connectivity index (χ2v) is 6.79. The normalized spacial score (nSPS) is 12.5. The van der Waals surface area contributed by atoms with Crippen LogP contribution in [-0.2, 0) is 19.4 Å². The van der Waals surface area contributed by atoms with Crippen LogP contribution >= 0.6 is 0 Å². The summed E-state index contributed by atoms with van der Waals surface area (Å²) in [5.74, 6) is 1.79. The van der Waals surface area contributed by atoms with E-state index < -0.39 is 0 Å². The predicted molar refractivity (Wildman–Crippen MR) is 105 cm³/mol. The van der Waals surface area contributed by atoms with Crippen molar-refractivity contribution in [2.75, 3.05) is 19.6 Å². The summed E-state index contributed by atoms with van der Waals surface area (Å²) in [6, 6.07) is 1.08. The van der Waals surface area contributed by atoms with Gasteiger partial charge in [0, 0.05) is 43.7 Å². The van der Waals surface area contributed by atoms with Crippen LogP contribution < -0.4 is 10.6 Å². The molecule has 0 unspecified atom stereocenters. The zero-order valence-electron chi connectivity index (χ0n) is 17.1. The lowest BCUT2D eigenvalue weighted by Gasteiger charge is -2.30. The van der Waals surface area contributed by atoms with E-state index in [1.807, 2.05) is 0 Å². The van der Waals surface area contributed by atoms with Crippen molar-refractivity contribution in [2.24, 2.45) is 4.99 Å². The minimum atomic E-state index is 0.539. The quantitative estimate of drug-likeness (QED) is 0.501. The first kappa shape index (κ1) is 21.5. The fourth-order valence-electron chi connectivity index (χ4n) is 3.03. The summed E-state index contributed by atoms with van der Waals surface area (Å²) in [5, 5.41) is 10.9. The van der Waals surface area contributed by atoms with Crippen molar-refractivity contribution in [3.63, 3.8) is 0 Å². The molecule has 0 atom stereocenters. The van der Waals surface area contributed by atoms with Gasteiger partial charge in [-0.2, -0.15) is 0 Å². The molecule has 144 valence electrons. The maximum atomic E-state index is 5.43. The first-order chi connectivity index (χ1) is 11.9. The largest absolute Gasteiger partial charge is 0.361 e. The van der Waals surface area contributed by atoms with E-state index >= 15 is 0 Å². The summed E-state index contributed by atoms with van der Waals surface area (Å²) >= 11 is 0. The number of aromatic nitrogens is 1. The Balaban J connectivity index is 2.70. The minimum absolute atomic E-state index is 0.539. The summed E-state index contributed by atoms with van der Waals surface area (Å²) in [5.41, 5.74) is 2.15. The smallest absolute Gasteiger partial charge is 0.191 e. The maximum Gasteiger partial charge on any atom is 0.191 e. The van der Waals surface area contributed by atoms with E-state index in [4.69, 9.17) is 9.52 Å². The number of hydrogen-bond donors (Lipinski definition) is 2. The van der Waals surface area contributed by atoms with Crippen molar-refractivity contribution in [3.8, 4) is 0 Å². The summed E-state index contributed by atoms with van der Waals surface area (Å²) in [6.07, 6.45) is 1.72. The van der Waals surface area contributed by atoms with Crippen molar-refractivity contribution in [3.05, 3.63) is 17.0 Å². The molecular formula is C19H37N5O. The van der Waals surface area contributed by atoms with Crippen LogP contribution in [0.15, 0.2) is 9.52 Å². The number of aryl methyl sites for hydroxylation is 2. The van der Waals surface area contributed by atoms with E-state index in [-0.39, 0.29) is 0 Å². The van der Waals surface area contributed by atoms with Crippen LogP contribution in [0.5, 0.6) is 0 Å². The molecule has 0 radical (unpaired) electrons. The average Bonchev–Trinajstić information content (AvgIpc) is 2.97. The van der Waals surface area contributed by atoms with E-state index in [0.717, 1.165) is 55.5 Å². The Kier molecular flexibility index (Phi) is 9.57. The lowest BCUT2D eigenvalue weighted by molar-refractivity contribution is 0.178. The van der Waals surface area contributed by atoms with Crippen molar-refractivity contribution >= 4 is 5.96 Å². The van der Waals surface area contributed by atoms with Crippen molar-refractivity contribution in [1.29, 1.82) is 0 Å². The number of rotatable bonds is 10. The lowest BCUT2D eigenvalue weighted by Crippen LogP contribution is -2.45. The Bertz CT molecular complexity index is 492. The second kappa shape index (κ2) is 11.1. The number of guanidine groups is 1. The van der Waals surface area contributed by atoms with Gasteiger partial charge in [0.15, 0.2) is 5.96 Å². The van der Waals surface area contributed by atoms with E-state index in [1.54, 1.807) is 0 Å². The van der Waals surface area contributed by atoms with Gasteiger partial charge < -0.3 is 15.2 Å². The fourth-order valence-corrected chi connectivity index (χ4v) is 3.03. The summed E-state index contributed by atoms with van der Waals surface area (Å²) < 4.78 is 5.43. The molecule has 0 fully saturated rings. The van der Waals surface area contributed by atoms with Gasteiger partial charge in [-0.25, -0.2) is 4.99 Å². The molecule has 1 aromatic rings. The summed E-state index contributed by atoms with van der Waals surface area (Å²) in [7, 11) is 0. The summed E-state index contributed by atoms with van der Waals surface area (Å²) in [4.78, 5) is 7.21. The first-order valence-electron chi connectivity index (χ1n) is 9.68. The molecule has 1 rings (SSSR count). The standard InChI is InChI=1S/C19H37N5O/c1-8-17-16(18(9-2)25-23-17)13-22-19(20-10-3)21-11-12-24(14(4)5)15(6)7/h14-15H,8-13H2,1-7H3,(H2,20,21,22). The third kappa shape index (κ3) is 6.69. The predicted octanol–water partition coefficient (Wildman–Crippen LogP) is 2.97. The van der Waals surface area contributed by atoms with Crippen LogP contribution in [0.2, 0.25) is 0 Å². The monoisotopic (exact) mass is 351 g/mol. The molecule has 0 aromatic carbocycles. The Labute approximate surface area is 153 Å². The maximum absolute atomic E-state index is 5.43. The van der Waals surface area contributed by atoms with Gasteiger partial charge in [-0.15, -0.1) is 0 Å². The van der Waals surface area contributed by atoms with Gasteiger partial charge in [0.1, 0.15) is 5.76 Å². The van der Waals surface area contributed by atoms with Crippen LogP contribution in [0.25, 0.3) is 0 Å². The average molecular weight is 352 g/mol. The highest BCUT2D eigenvalue weighted by atomic mass is 16.5. The van der Waals surface area contributed by atoms with Crippen LogP contribution in [0.1, 0.15) is 65.5 Å². The highest BCUT2D eigenvalue weighted by Crippen LogP contribution is 2.16. The molecule has 6 heteroatoms. The molecule has 6 nitrogen and oxygen atoms in total. The molecule has 0 saturated carbocycles. The molecule has 0 amide bonds. The van der Waals surface area contributed by atoms with E-state index in [0.29, 0.717) is 18.6 Å². The van der Waals surface area contributed by atoms with Gasteiger partial charge in [0.25, 0.3) is 0 Å². The molecule has 0 aliphatic carbocycles. The highest BCUT2D eigenvalue weighted by molar-refractivity contribution is 5.79. The van der Waals surface area contributed by atoms with Crippen LogP contribution in [0.4, 0.5) is 0 Å². The Morgan fingerprint density at radius 1 is 1.08 bits per heavy atom. The van der Waals surface area contributed by atoms with Gasteiger partial charge in [-0.3, -0.25) is 4.90 Å². The molecule has 0 bridgehead atoms. The molecule has 2 N–H and O–H groups in total. The molecule has 25 heavy (non-hydrogen) atoms. The SMILES string of the molecule is CCNC(=NCc1c(CC)noc1CC)NCCN(C(C)C)C(C)C. The zero-order valence-corrected chi connectivity index (χ0v) is 17.1. The van der Waals surface area contributed by atoms with Crippen molar-refractivity contribution in [1.82, 2.24) is 20.7 Å². The third-order valence-electron chi connectivity index (χ3n) is 4.34. The molecule has 1 heterocycles.